The lowest BCUT2D eigenvalue weighted by molar-refractivity contribution is 0.340. The highest BCUT2D eigenvalue weighted by molar-refractivity contribution is 6.42. The fourth-order valence-electron chi connectivity index (χ4n) is 0.583. The Bertz CT molecular complexity index is 269. The molecule has 0 aliphatic rings. The van der Waals surface area contributed by atoms with Gasteiger partial charge < -0.3 is 4.74 Å². The van der Waals surface area contributed by atoms with Crippen LogP contribution in [0.15, 0.2) is 6.20 Å². The number of ether oxygens (including phenoxy) is 1. The topological polar surface area (TPSA) is 35.0 Å². The van der Waals surface area contributed by atoms with Crippen molar-refractivity contribution in [2.45, 2.75) is 0 Å². The Balaban J connectivity index is 2.78. The van der Waals surface area contributed by atoms with E-state index in [0.717, 1.165) is 0 Å². The van der Waals surface area contributed by atoms with Gasteiger partial charge in [-0.15, -0.1) is 16.7 Å². The Morgan fingerprint density at radius 2 is 2.17 bits per heavy atom. The van der Waals surface area contributed by atoms with E-state index in [9.17, 15) is 0 Å². The van der Waals surface area contributed by atoms with Crippen LogP contribution in [0.5, 0.6) is 5.75 Å². The van der Waals surface area contributed by atoms with Crippen molar-refractivity contribution in [3.8, 4) is 5.75 Å². The third kappa shape index (κ3) is 2.37. The highest BCUT2D eigenvalue weighted by Gasteiger charge is 2.06. The predicted octanol–water partition coefficient (Wildman–Crippen LogP) is 2.40. The first kappa shape index (κ1) is 9.84. The number of hydrogen-bond acceptors (Lipinski definition) is 3. The summed E-state index contributed by atoms with van der Waals surface area (Å²) >= 11 is 16.7. The van der Waals surface area contributed by atoms with Crippen LogP contribution in [0, 0.1) is 0 Å². The number of rotatable bonds is 3. The zero-order chi connectivity index (χ0) is 8.97. The van der Waals surface area contributed by atoms with Gasteiger partial charge in [-0.1, -0.05) is 23.2 Å². The molecule has 0 aromatic carbocycles. The van der Waals surface area contributed by atoms with E-state index in [1.165, 1.54) is 6.20 Å². The smallest absolute Gasteiger partial charge is 0.174 e. The first-order chi connectivity index (χ1) is 5.75. The molecule has 0 N–H and O–H groups in total. The quantitative estimate of drug-likeness (QED) is 0.744. The second-order valence-corrected chi connectivity index (χ2v) is 2.96. The molecule has 0 saturated carbocycles. The molecule has 3 nitrogen and oxygen atoms in total. The molecule has 0 aliphatic heterocycles. The molecule has 1 aromatic heterocycles. The SMILES string of the molecule is ClCCOc1cnnc(Cl)c1Cl. The monoisotopic (exact) mass is 226 g/mol. The standard InChI is InChI=1S/C6H5Cl3N2O/c7-1-2-12-4-3-10-11-6(9)5(4)8/h3H,1-2H2. The molecule has 0 aliphatic carbocycles. The Morgan fingerprint density at radius 1 is 1.42 bits per heavy atom. The van der Waals surface area contributed by atoms with Gasteiger partial charge in [-0.25, -0.2) is 0 Å². The minimum atomic E-state index is 0.128. The summed E-state index contributed by atoms with van der Waals surface area (Å²) in [5, 5.41) is 7.47. The molecule has 1 aromatic rings. The van der Waals surface area contributed by atoms with Crippen LogP contribution in [0.25, 0.3) is 0 Å². The van der Waals surface area contributed by atoms with E-state index >= 15 is 0 Å². The number of alkyl halides is 1. The minimum Gasteiger partial charge on any atom is -0.489 e. The third-order valence-electron chi connectivity index (χ3n) is 1.05. The van der Waals surface area contributed by atoms with Crippen LogP contribution in [0.3, 0.4) is 0 Å². The molecule has 66 valence electrons. The summed E-state index contributed by atoms with van der Waals surface area (Å²) in [5.41, 5.74) is 0. The third-order valence-corrected chi connectivity index (χ3v) is 1.93. The van der Waals surface area contributed by atoms with Gasteiger partial charge in [0.2, 0.25) is 0 Å². The van der Waals surface area contributed by atoms with Crippen molar-refractivity contribution >= 4 is 34.8 Å². The van der Waals surface area contributed by atoms with E-state index in [2.05, 4.69) is 10.2 Å². The van der Waals surface area contributed by atoms with Gasteiger partial charge in [-0.3, -0.25) is 0 Å². The Hall–Kier alpha value is -0.250. The van der Waals surface area contributed by atoms with E-state index in [4.69, 9.17) is 39.5 Å². The molecule has 0 saturated heterocycles. The number of hydrogen-bond donors (Lipinski definition) is 0. The van der Waals surface area contributed by atoms with Gasteiger partial charge in [-0.05, 0) is 0 Å². The molecule has 1 heterocycles. The molecular weight excluding hydrogens is 222 g/mol. The summed E-state index contributed by atoms with van der Waals surface area (Å²) in [4.78, 5) is 0. The fourth-order valence-corrected chi connectivity index (χ4v) is 0.938. The van der Waals surface area contributed by atoms with Gasteiger partial charge in [0.15, 0.2) is 10.9 Å². The van der Waals surface area contributed by atoms with Crippen molar-refractivity contribution in [1.82, 2.24) is 10.2 Å². The van der Waals surface area contributed by atoms with E-state index in [-0.39, 0.29) is 10.2 Å². The molecule has 0 amide bonds. The lowest BCUT2D eigenvalue weighted by Crippen LogP contribution is -1.99. The van der Waals surface area contributed by atoms with Crippen molar-refractivity contribution in [3.63, 3.8) is 0 Å². The van der Waals surface area contributed by atoms with Gasteiger partial charge >= 0.3 is 0 Å². The van der Waals surface area contributed by atoms with E-state index in [1.807, 2.05) is 0 Å². The van der Waals surface area contributed by atoms with Gasteiger partial charge in [0.25, 0.3) is 0 Å². The Morgan fingerprint density at radius 3 is 2.83 bits per heavy atom. The minimum absolute atomic E-state index is 0.128. The van der Waals surface area contributed by atoms with Crippen LogP contribution in [0.4, 0.5) is 0 Å². The molecule has 12 heavy (non-hydrogen) atoms. The van der Waals surface area contributed by atoms with Crippen molar-refractivity contribution in [2.75, 3.05) is 12.5 Å². The largest absolute Gasteiger partial charge is 0.489 e. The lowest BCUT2D eigenvalue weighted by atomic mass is 10.5. The summed E-state index contributed by atoms with van der Waals surface area (Å²) in [5.74, 6) is 0.785. The van der Waals surface area contributed by atoms with Crippen LogP contribution in [0.1, 0.15) is 0 Å². The van der Waals surface area contributed by atoms with Crippen LogP contribution < -0.4 is 4.74 Å². The number of aromatic nitrogens is 2. The molecule has 0 atom stereocenters. The van der Waals surface area contributed by atoms with Crippen LogP contribution in [-0.4, -0.2) is 22.7 Å². The highest BCUT2D eigenvalue weighted by atomic mass is 35.5. The van der Waals surface area contributed by atoms with E-state index in [0.29, 0.717) is 18.2 Å². The van der Waals surface area contributed by atoms with Crippen molar-refractivity contribution in [1.29, 1.82) is 0 Å². The van der Waals surface area contributed by atoms with Gasteiger partial charge in [0.05, 0.1) is 12.1 Å². The average Bonchev–Trinajstić information content (AvgIpc) is 2.08. The Kier molecular flexibility index (Phi) is 3.85. The summed E-state index contributed by atoms with van der Waals surface area (Å²) in [6.07, 6.45) is 1.39. The molecule has 0 bridgehead atoms. The van der Waals surface area contributed by atoms with Crippen molar-refractivity contribution in [3.05, 3.63) is 16.4 Å². The number of halogens is 3. The second kappa shape index (κ2) is 4.70. The molecule has 0 unspecified atom stereocenters. The summed E-state index contributed by atoms with van der Waals surface area (Å²) in [6.45, 7) is 0.364. The molecule has 0 spiro atoms. The van der Waals surface area contributed by atoms with Gasteiger partial charge in [0, 0.05) is 0 Å². The first-order valence-electron chi connectivity index (χ1n) is 3.11. The van der Waals surface area contributed by atoms with Gasteiger partial charge in [-0.2, -0.15) is 5.10 Å². The fraction of sp³-hybridized carbons (Fsp3) is 0.333. The maximum Gasteiger partial charge on any atom is 0.174 e. The number of nitrogens with zero attached hydrogens (tertiary/aromatic N) is 2. The lowest BCUT2D eigenvalue weighted by Gasteiger charge is -2.04. The van der Waals surface area contributed by atoms with Crippen molar-refractivity contribution in [2.24, 2.45) is 0 Å². The molecule has 6 heteroatoms. The molecular formula is C6H5Cl3N2O. The highest BCUT2D eigenvalue weighted by Crippen LogP contribution is 2.28. The normalized spacial score (nSPS) is 9.92. The van der Waals surface area contributed by atoms with Crippen LogP contribution in [0.2, 0.25) is 10.2 Å². The van der Waals surface area contributed by atoms with E-state index < -0.39 is 0 Å². The van der Waals surface area contributed by atoms with Crippen LogP contribution >= 0.6 is 34.8 Å². The predicted molar refractivity (Wildman–Crippen MR) is 48.3 cm³/mol. The van der Waals surface area contributed by atoms with E-state index in [1.54, 1.807) is 0 Å². The molecule has 0 fully saturated rings. The summed E-state index contributed by atoms with van der Waals surface area (Å²) in [7, 11) is 0. The summed E-state index contributed by atoms with van der Waals surface area (Å²) in [6, 6.07) is 0. The maximum absolute atomic E-state index is 5.73. The zero-order valence-electron chi connectivity index (χ0n) is 5.93. The molecule has 0 radical (unpaired) electrons. The Labute approximate surface area is 84.6 Å². The van der Waals surface area contributed by atoms with Crippen molar-refractivity contribution < 1.29 is 4.74 Å². The zero-order valence-corrected chi connectivity index (χ0v) is 8.20. The molecule has 1 rings (SSSR count). The van der Waals surface area contributed by atoms with Crippen LogP contribution in [-0.2, 0) is 0 Å². The summed E-state index contributed by atoms with van der Waals surface area (Å²) < 4.78 is 5.12. The second-order valence-electron chi connectivity index (χ2n) is 1.85. The maximum atomic E-state index is 5.73. The first-order valence-corrected chi connectivity index (χ1v) is 4.40. The van der Waals surface area contributed by atoms with Gasteiger partial charge in [0.1, 0.15) is 11.6 Å². The average molecular weight is 227 g/mol.